The number of hydrogen-bond donors (Lipinski definition) is 0. The van der Waals surface area contributed by atoms with Gasteiger partial charge >= 0.3 is 6.85 Å². The number of fused-ring (bicyclic) bond motifs is 8. The highest BCUT2D eigenvalue weighted by molar-refractivity contribution is 6.85. The molecule has 6 nitrogen and oxygen atoms in total. The Labute approximate surface area is 302 Å². The molecule has 10 rings (SSSR count). The normalized spacial score (nSPS) is 12.5. The van der Waals surface area contributed by atoms with Gasteiger partial charge in [-0.05, 0) is 81.3 Å². The van der Waals surface area contributed by atoms with Gasteiger partial charge in [-0.15, -0.1) is 0 Å². The molecule has 0 fully saturated rings. The predicted octanol–water partition coefficient (Wildman–Crippen LogP) is 9.58. The second kappa shape index (κ2) is 12.4. The van der Waals surface area contributed by atoms with E-state index in [2.05, 4.69) is 142 Å². The van der Waals surface area contributed by atoms with Crippen molar-refractivity contribution in [1.82, 2.24) is 24.9 Å². The van der Waals surface area contributed by atoms with E-state index in [1.807, 2.05) is 24.3 Å². The molecule has 0 saturated carbocycles. The molecule has 0 unspecified atom stereocenters. The Morgan fingerprint density at radius 3 is 1.73 bits per heavy atom. The largest absolute Gasteiger partial charge is 0.376 e. The van der Waals surface area contributed by atoms with Crippen molar-refractivity contribution in [1.29, 1.82) is 0 Å². The van der Waals surface area contributed by atoms with E-state index in [-0.39, 0.29) is 6.85 Å². The van der Waals surface area contributed by atoms with Crippen LogP contribution in [0.1, 0.15) is 5.56 Å². The summed E-state index contributed by atoms with van der Waals surface area (Å²) >= 11 is 0. The SMILES string of the molecule is C1=Cc2ccccc2N2B1c1cc(-c3ccccc3)cc(-c3ccccc3)c1-c1ccc(-c3nc(-c4cccnc4)nc(-c4cccnc4)n3)cc12. The van der Waals surface area contributed by atoms with Crippen molar-refractivity contribution >= 4 is 29.8 Å². The molecule has 8 aromatic rings. The average molecular weight is 665 g/mol. The molecule has 5 heterocycles. The Kier molecular flexibility index (Phi) is 7.13. The van der Waals surface area contributed by atoms with Crippen LogP contribution in [0.2, 0.25) is 0 Å². The third kappa shape index (κ3) is 5.10. The van der Waals surface area contributed by atoms with Crippen LogP contribution in [0.5, 0.6) is 0 Å². The lowest BCUT2D eigenvalue weighted by atomic mass is 9.48. The molecule has 0 aliphatic carbocycles. The van der Waals surface area contributed by atoms with Crippen LogP contribution in [0.4, 0.5) is 11.4 Å². The number of benzene rings is 5. The highest BCUT2D eigenvalue weighted by atomic mass is 15.1. The van der Waals surface area contributed by atoms with Gasteiger partial charge in [-0.2, -0.15) is 0 Å². The van der Waals surface area contributed by atoms with Crippen LogP contribution in [0.25, 0.3) is 73.6 Å². The van der Waals surface area contributed by atoms with Crippen molar-refractivity contribution in [2.24, 2.45) is 0 Å². The molecule has 7 heteroatoms. The maximum Gasteiger partial charge on any atom is 0.321 e. The zero-order valence-corrected chi connectivity index (χ0v) is 28.0. The summed E-state index contributed by atoms with van der Waals surface area (Å²) in [7, 11) is 0. The molecular formula is C45H29BN6. The van der Waals surface area contributed by atoms with Crippen molar-refractivity contribution in [3.8, 4) is 67.5 Å². The number of hydrogen-bond acceptors (Lipinski definition) is 6. The van der Waals surface area contributed by atoms with Crippen LogP contribution in [0.15, 0.2) is 170 Å². The molecule has 0 atom stereocenters. The van der Waals surface area contributed by atoms with Crippen LogP contribution in [0, 0.1) is 0 Å². The van der Waals surface area contributed by atoms with Gasteiger partial charge in [0.05, 0.1) is 0 Å². The number of aromatic nitrogens is 5. The van der Waals surface area contributed by atoms with Crippen LogP contribution in [0.3, 0.4) is 0 Å². The molecule has 0 radical (unpaired) electrons. The molecule has 0 bridgehead atoms. The Morgan fingerprint density at radius 2 is 1.06 bits per heavy atom. The highest BCUT2D eigenvalue weighted by Gasteiger charge is 2.38. The number of pyridine rings is 2. The van der Waals surface area contributed by atoms with Crippen LogP contribution < -0.4 is 10.3 Å². The molecule has 5 aromatic carbocycles. The minimum atomic E-state index is -0.0333. The third-order valence-electron chi connectivity index (χ3n) is 9.87. The maximum atomic E-state index is 5.04. The third-order valence-corrected chi connectivity index (χ3v) is 9.87. The van der Waals surface area contributed by atoms with Gasteiger partial charge in [0, 0.05) is 58.4 Å². The van der Waals surface area contributed by atoms with E-state index < -0.39 is 0 Å². The summed E-state index contributed by atoms with van der Waals surface area (Å²) in [5, 5.41) is 0. The number of nitrogens with zero attached hydrogens (tertiary/aromatic N) is 6. The molecule has 3 aromatic heterocycles. The summed E-state index contributed by atoms with van der Waals surface area (Å²) in [4.78, 5) is 26.1. The molecule has 52 heavy (non-hydrogen) atoms. The van der Waals surface area contributed by atoms with Gasteiger partial charge < -0.3 is 4.81 Å². The van der Waals surface area contributed by atoms with Gasteiger partial charge in [-0.3, -0.25) is 9.97 Å². The summed E-state index contributed by atoms with van der Waals surface area (Å²) in [6, 6.07) is 49.1. The van der Waals surface area contributed by atoms with Crippen molar-refractivity contribution in [3.05, 3.63) is 176 Å². The number of anilines is 2. The van der Waals surface area contributed by atoms with E-state index in [4.69, 9.17) is 15.0 Å². The number of rotatable bonds is 5. The van der Waals surface area contributed by atoms with Gasteiger partial charge in [-0.1, -0.05) is 109 Å². The minimum Gasteiger partial charge on any atom is -0.376 e. The highest BCUT2D eigenvalue weighted by Crippen LogP contribution is 2.48. The molecule has 2 aliphatic heterocycles. The van der Waals surface area contributed by atoms with E-state index in [9.17, 15) is 0 Å². The second-order valence-electron chi connectivity index (χ2n) is 13.0. The van der Waals surface area contributed by atoms with Gasteiger partial charge in [0.25, 0.3) is 0 Å². The zero-order valence-electron chi connectivity index (χ0n) is 28.0. The predicted molar refractivity (Wildman–Crippen MR) is 211 cm³/mol. The van der Waals surface area contributed by atoms with Gasteiger partial charge in [0.15, 0.2) is 17.5 Å². The summed E-state index contributed by atoms with van der Waals surface area (Å²) in [6.07, 6.45) is 9.34. The van der Waals surface area contributed by atoms with E-state index in [1.165, 1.54) is 38.8 Å². The lowest BCUT2D eigenvalue weighted by Crippen LogP contribution is -2.50. The van der Waals surface area contributed by atoms with Crippen molar-refractivity contribution in [3.63, 3.8) is 0 Å². The molecule has 0 spiro atoms. The lowest BCUT2D eigenvalue weighted by Gasteiger charge is -2.41. The summed E-state index contributed by atoms with van der Waals surface area (Å²) in [6.45, 7) is -0.0333. The molecular weight excluding hydrogens is 635 g/mol. The van der Waals surface area contributed by atoms with Crippen molar-refractivity contribution in [2.45, 2.75) is 0 Å². The first-order chi connectivity index (χ1) is 25.8. The summed E-state index contributed by atoms with van der Waals surface area (Å²) in [5.74, 6) is 4.04. The Morgan fingerprint density at radius 1 is 0.442 bits per heavy atom. The van der Waals surface area contributed by atoms with E-state index >= 15 is 0 Å². The van der Waals surface area contributed by atoms with Crippen LogP contribution in [-0.4, -0.2) is 31.8 Å². The monoisotopic (exact) mass is 664 g/mol. The van der Waals surface area contributed by atoms with Gasteiger partial charge in [0.2, 0.25) is 0 Å². The Balaban J connectivity index is 1.23. The average Bonchev–Trinajstić information content (AvgIpc) is 3.24. The molecule has 242 valence electrons. The molecule has 0 saturated heterocycles. The Bertz CT molecular complexity index is 2570. The maximum absolute atomic E-state index is 5.04. The standard InChI is InChI=1S/C45H29BN6/c1-3-11-30(12-4-1)36-25-38(31-13-5-2-6-14-31)42-37-20-19-33(27-41(37)52-40-18-8-7-15-32(40)21-22-46(52)39(42)26-36)43-49-44(34-16-9-23-47-28-34)51-45(50-43)35-17-10-24-48-29-35/h1-29H. The number of para-hydroxylation sites is 1. The summed E-state index contributed by atoms with van der Waals surface area (Å²) in [5.41, 5.74) is 14.4. The van der Waals surface area contributed by atoms with Crippen molar-refractivity contribution in [2.75, 3.05) is 4.81 Å². The van der Waals surface area contributed by atoms with Gasteiger partial charge in [-0.25, -0.2) is 15.0 Å². The lowest BCUT2D eigenvalue weighted by molar-refractivity contribution is 1.07. The first kappa shape index (κ1) is 29.9. The first-order valence-electron chi connectivity index (χ1n) is 17.4. The smallest absolute Gasteiger partial charge is 0.321 e. The fraction of sp³-hybridized carbons (Fsp3) is 0. The fourth-order valence-corrected chi connectivity index (χ4v) is 7.48. The van der Waals surface area contributed by atoms with Crippen molar-refractivity contribution < 1.29 is 0 Å². The van der Waals surface area contributed by atoms with E-state index in [1.54, 1.807) is 24.8 Å². The summed E-state index contributed by atoms with van der Waals surface area (Å²) < 4.78 is 0. The molecule has 2 aliphatic rings. The minimum absolute atomic E-state index is 0.0333. The molecule has 0 N–H and O–H groups in total. The second-order valence-corrected chi connectivity index (χ2v) is 13.0. The van der Waals surface area contributed by atoms with Crippen LogP contribution >= 0.6 is 0 Å². The fourth-order valence-electron chi connectivity index (χ4n) is 7.48. The van der Waals surface area contributed by atoms with Gasteiger partial charge in [0.1, 0.15) is 0 Å². The van der Waals surface area contributed by atoms with Crippen LogP contribution in [-0.2, 0) is 0 Å². The Hall–Kier alpha value is -6.99. The van der Waals surface area contributed by atoms with E-state index in [0.29, 0.717) is 17.5 Å². The first-order valence-corrected chi connectivity index (χ1v) is 17.4. The zero-order chi connectivity index (χ0) is 34.4. The molecule has 0 amide bonds. The quantitative estimate of drug-likeness (QED) is 0.171. The van der Waals surface area contributed by atoms with E-state index in [0.717, 1.165) is 33.6 Å². The topological polar surface area (TPSA) is 67.7 Å².